The van der Waals surface area contributed by atoms with Crippen molar-refractivity contribution in [3.63, 3.8) is 0 Å². The molecule has 2 unspecified atom stereocenters. The molecule has 1 aliphatic carbocycles. The molecule has 6 heteroatoms. The van der Waals surface area contributed by atoms with E-state index < -0.39 is 5.54 Å². The smallest absolute Gasteiger partial charge is 0.240 e. The number of halogens is 2. The van der Waals surface area contributed by atoms with Crippen LogP contribution in [-0.4, -0.2) is 29.4 Å². The predicted octanol–water partition coefficient (Wildman–Crippen LogP) is 3.90. The number of nitrogens with zero attached hydrogens (tertiary/aromatic N) is 1. The van der Waals surface area contributed by atoms with E-state index in [1.807, 2.05) is 0 Å². The Morgan fingerprint density at radius 2 is 1.67 bits per heavy atom. The largest absolute Gasteiger partial charge is 0.350 e. The van der Waals surface area contributed by atoms with Crippen LogP contribution < -0.4 is 11.1 Å². The van der Waals surface area contributed by atoms with Crippen LogP contribution in [0.25, 0.3) is 0 Å². The number of benzene rings is 1. The molecule has 4 nitrogen and oxygen atoms in total. The third-order valence-electron chi connectivity index (χ3n) is 5.84. The van der Waals surface area contributed by atoms with Crippen molar-refractivity contribution < 1.29 is 4.79 Å². The predicted molar refractivity (Wildman–Crippen MR) is 116 cm³/mol. The number of nitrogens with one attached hydrogen (secondary N) is 1. The highest BCUT2D eigenvalue weighted by Gasteiger charge is 2.36. The first-order valence-corrected chi connectivity index (χ1v) is 9.82. The van der Waals surface area contributed by atoms with E-state index in [0.717, 1.165) is 57.2 Å². The summed E-state index contributed by atoms with van der Waals surface area (Å²) >= 11 is 0. The fourth-order valence-electron chi connectivity index (χ4n) is 4.63. The summed E-state index contributed by atoms with van der Waals surface area (Å²) in [6, 6.07) is 8.47. The summed E-state index contributed by atoms with van der Waals surface area (Å²) in [5, 5.41) is 3.09. The van der Waals surface area contributed by atoms with Crippen molar-refractivity contribution in [1.82, 2.24) is 10.2 Å². The number of hydrogen-bond donors (Lipinski definition) is 2. The van der Waals surface area contributed by atoms with Crippen molar-refractivity contribution in [1.29, 1.82) is 0 Å². The summed E-state index contributed by atoms with van der Waals surface area (Å²) in [5.41, 5.74) is 8.15. The van der Waals surface area contributed by atoms with Gasteiger partial charge in [0.05, 0.1) is 5.54 Å². The van der Waals surface area contributed by atoms with Crippen molar-refractivity contribution in [2.45, 2.75) is 64.6 Å². The Morgan fingerprint density at radius 3 is 2.26 bits per heavy atom. The molecule has 1 saturated heterocycles. The molecule has 1 aromatic carbocycles. The zero-order valence-corrected chi connectivity index (χ0v) is 18.2. The second-order valence-electron chi connectivity index (χ2n) is 8.45. The van der Waals surface area contributed by atoms with Crippen LogP contribution in [0.5, 0.6) is 0 Å². The number of nitrogens with two attached hydrogens (primary N) is 1. The van der Waals surface area contributed by atoms with Gasteiger partial charge in [-0.15, -0.1) is 24.8 Å². The summed E-state index contributed by atoms with van der Waals surface area (Å²) < 4.78 is 0. The molecule has 1 amide bonds. The maximum atomic E-state index is 12.5. The molecule has 3 N–H and O–H groups in total. The lowest BCUT2D eigenvalue weighted by molar-refractivity contribution is -0.126. The lowest BCUT2D eigenvalue weighted by atomic mass is 9.91. The summed E-state index contributed by atoms with van der Waals surface area (Å²) in [4.78, 5) is 15.0. The van der Waals surface area contributed by atoms with E-state index in [1.165, 1.54) is 17.5 Å². The normalized spacial score (nSPS) is 24.6. The van der Waals surface area contributed by atoms with Crippen molar-refractivity contribution in [2.24, 2.45) is 17.6 Å². The van der Waals surface area contributed by atoms with Crippen LogP contribution in [0.15, 0.2) is 24.3 Å². The molecule has 0 bridgehead atoms. The highest BCUT2D eigenvalue weighted by molar-refractivity contribution is 5.86. The number of piperidine rings is 1. The molecule has 154 valence electrons. The molecule has 1 aliphatic heterocycles. The molecule has 27 heavy (non-hydrogen) atoms. The number of carbonyl (C=O) groups is 1. The molecule has 0 aromatic heterocycles. The van der Waals surface area contributed by atoms with Crippen molar-refractivity contribution >= 4 is 30.7 Å². The van der Waals surface area contributed by atoms with Gasteiger partial charge in [-0.25, -0.2) is 0 Å². The van der Waals surface area contributed by atoms with Crippen LogP contribution in [0.4, 0.5) is 0 Å². The number of carbonyl (C=O) groups excluding carboxylic acids is 1. The van der Waals surface area contributed by atoms with E-state index >= 15 is 0 Å². The number of amides is 1. The van der Waals surface area contributed by atoms with E-state index in [0.29, 0.717) is 6.54 Å². The van der Waals surface area contributed by atoms with E-state index in [9.17, 15) is 4.79 Å². The molecule has 1 aromatic rings. The van der Waals surface area contributed by atoms with Crippen molar-refractivity contribution in [2.75, 3.05) is 13.1 Å². The third kappa shape index (κ3) is 6.35. The topological polar surface area (TPSA) is 58.4 Å². The molecule has 2 aliphatic rings. The SMILES string of the molecule is CC1CC(C)CN(Cc2ccccc2CNC(=O)C2(N)CCCC2)C1.Cl.Cl. The molecule has 2 atom stereocenters. The van der Waals surface area contributed by atoms with E-state index in [2.05, 4.69) is 48.3 Å². The summed E-state index contributed by atoms with van der Waals surface area (Å²) in [5.74, 6) is 1.53. The molecule has 0 spiro atoms. The van der Waals surface area contributed by atoms with Gasteiger partial charge in [-0.2, -0.15) is 0 Å². The van der Waals surface area contributed by atoms with Crippen LogP contribution in [0, 0.1) is 11.8 Å². The summed E-state index contributed by atoms with van der Waals surface area (Å²) in [6.07, 6.45) is 5.07. The van der Waals surface area contributed by atoms with E-state index in [1.54, 1.807) is 0 Å². The van der Waals surface area contributed by atoms with Crippen LogP contribution in [0.1, 0.15) is 57.1 Å². The van der Waals surface area contributed by atoms with Crippen molar-refractivity contribution in [3.8, 4) is 0 Å². The average molecular weight is 416 g/mol. The maximum Gasteiger partial charge on any atom is 0.240 e. The lowest BCUT2D eigenvalue weighted by Crippen LogP contribution is -2.51. The van der Waals surface area contributed by atoms with Gasteiger partial charge in [0.1, 0.15) is 0 Å². The van der Waals surface area contributed by atoms with Gasteiger partial charge < -0.3 is 11.1 Å². The molecular weight excluding hydrogens is 381 g/mol. The molecule has 1 heterocycles. The highest BCUT2D eigenvalue weighted by atomic mass is 35.5. The zero-order chi connectivity index (χ0) is 17.9. The Bertz CT molecular complexity index is 595. The Hall–Kier alpha value is -0.810. The third-order valence-corrected chi connectivity index (χ3v) is 5.84. The van der Waals surface area contributed by atoms with Gasteiger partial charge in [0.2, 0.25) is 5.91 Å². The highest BCUT2D eigenvalue weighted by Crippen LogP contribution is 2.27. The van der Waals surface area contributed by atoms with Gasteiger partial charge in [0, 0.05) is 26.2 Å². The Balaban J connectivity index is 0.00000182. The fourth-order valence-corrected chi connectivity index (χ4v) is 4.63. The zero-order valence-electron chi connectivity index (χ0n) is 16.6. The molecule has 3 rings (SSSR count). The first-order chi connectivity index (χ1) is 12.0. The number of likely N-dealkylation sites (tertiary alicyclic amines) is 1. The van der Waals surface area contributed by atoms with Gasteiger partial charge in [0.15, 0.2) is 0 Å². The van der Waals surface area contributed by atoms with Crippen LogP contribution >= 0.6 is 24.8 Å². The van der Waals surface area contributed by atoms with E-state index in [4.69, 9.17) is 5.73 Å². The molecule has 0 radical (unpaired) electrons. The van der Waals surface area contributed by atoms with Crippen molar-refractivity contribution in [3.05, 3.63) is 35.4 Å². The number of hydrogen-bond acceptors (Lipinski definition) is 3. The van der Waals surface area contributed by atoms with Gasteiger partial charge in [-0.05, 0) is 42.2 Å². The summed E-state index contributed by atoms with van der Waals surface area (Å²) in [7, 11) is 0. The fraction of sp³-hybridized carbons (Fsp3) is 0.667. The minimum absolute atomic E-state index is 0. The van der Waals surface area contributed by atoms with Gasteiger partial charge in [0.25, 0.3) is 0 Å². The van der Waals surface area contributed by atoms with E-state index in [-0.39, 0.29) is 30.7 Å². The van der Waals surface area contributed by atoms with Gasteiger partial charge in [-0.1, -0.05) is 51.0 Å². The van der Waals surface area contributed by atoms with Crippen LogP contribution in [-0.2, 0) is 17.9 Å². The van der Waals surface area contributed by atoms with Crippen LogP contribution in [0.3, 0.4) is 0 Å². The first kappa shape index (κ1) is 24.2. The minimum atomic E-state index is -0.646. The molecule has 1 saturated carbocycles. The first-order valence-electron chi connectivity index (χ1n) is 9.82. The average Bonchev–Trinajstić information content (AvgIpc) is 3.01. The second-order valence-corrected chi connectivity index (χ2v) is 8.45. The second kappa shape index (κ2) is 10.7. The van der Waals surface area contributed by atoms with Crippen LogP contribution in [0.2, 0.25) is 0 Å². The number of rotatable bonds is 5. The quantitative estimate of drug-likeness (QED) is 0.766. The lowest BCUT2D eigenvalue weighted by Gasteiger charge is -2.35. The standard InChI is InChI=1S/C21H33N3O.2ClH/c1-16-11-17(2)14-24(13-16)15-19-8-4-3-7-18(19)12-23-20(25)21(22)9-5-6-10-21;;/h3-4,7-8,16-17H,5-6,9-15,22H2,1-2H3,(H,23,25);2*1H. The Kier molecular flexibility index (Phi) is 9.56. The monoisotopic (exact) mass is 415 g/mol. The maximum absolute atomic E-state index is 12.5. The summed E-state index contributed by atoms with van der Waals surface area (Å²) in [6.45, 7) is 8.56. The Labute approximate surface area is 176 Å². The Morgan fingerprint density at radius 1 is 1.11 bits per heavy atom. The van der Waals surface area contributed by atoms with Gasteiger partial charge in [-0.3, -0.25) is 9.69 Å². The van der Waals surface area contributed by atoms with Gasteiger partial charge >= 0.3 is 0 Å². The molecular formula is C21H35Cl2N3O. The minimum Gasteiger partial charge on any atom is -0.350 e. The molecule has 2 fully saturated rings.